The van der Waals surface area contributed by atoms with Gasteiger partial charge in [0.25, 0.3) is 0 Å². The highest BCUT2D eigenvalue weighted by atomic mass is 35.5. The molecule has 1 unspecified atom stereocenters. The summed E-state index contributed by atoms with van der Waals surface area (Å²) in [6.45, 7) is 2.11. The lowest BCUT2D eigenvalue weighted by atomic mass is 9.93. The topological polar surface area (TPSA) is 102 Å². The van der Waals surface area contributed by atoms with Crippen LogP contribution in [0.2, 0.25) is 5.15 Å². The summed E-state index contributed by atoms with van der Waals surface area (Å²) in [5.74, 6) is 1.33. The molecule has 1 saturated heterocycles. The van der Waals surface area contributed by atoms with Gasteiger partial charge >= 0.3 is 0 Å². The third kappa shape index (κ3) is 4.13. The van der Waals surface area contributed by atoms with Crippen molar-refractivity contribution in [3.63, 3.8) is 0 Å². The molecule has 24 heavy (non-hydrogen) atoms. The van der Waals surface area contributed by atoms with Crippen molar-refractivity contribution < 1.29 is 8.76 Å². The molecule has 0 bridgehead atoms. The van der Waals surface area contributed by atoms with E-state index in [9.17, 15) is 4.21 Å². The van der Waals surface area contributed by atoms with Crippen LogP contribution in [0.1, 0.15) is 19.3 Å². The van der Waals surface area contributed by atoms with Crippen LogP contribution in [0.5, 0.6) is 0 Å². The monoisotopic (exact) mass is 369 g/mol. The number of nitrogens with one attached hydrogen (secondary N) is 2. The average molecular weight is 370 g/mol. The Morgan fingerprint density at radius 1 is 1.29 bits per heavy atom. The summed E-state index contributed by atoms with van der Waals surface area (Å²) in [5, 5.41) is 10.7. The molecule has 1 aliphatic rings. The van der Waals surface area contributed by atoms with Crippen molar-refractivity contribution in [2.75, 3.05) is 24.5 Å². The molecule has 0 spiro atoms. The quantitative estimate of drug-likeness (QED) is 0.752. The molecular weight excluding hydrogens is 350 g/mol. The molecule has 0 radical (unpaired) electrons. The highest BCUT2D eigenvalue weighted by Gasteiger charge is 2.22. The third-order valence-electron chi connectivity index (χ3n) is 4.39. The summed E-state index contributed by atoms with van der Waals surface area (Å²) in [6, 6.07) is 7.86. The van der Waals surface area contributed by atoms with Gasteiger partial charge in [-0.3, -0.25) is 4.55 Å². The lowest BCUT2D eigenvalue weighted by Crippen LogP contribution is -2.35. The number of anilines is 1. The van der Waals surface area contributed by atoms with Crippen molar-refractivity contribution in [2.45, 2.75) is 19.3 Å². The average Bonchev–Trinajstić information content (AvgIpc) is 2.55. The van der Waals surface area contributed by atoms with E-state index in [-0.39, 0.29) is 0 Å². The van der Waals surface area contributed by atoms with Crippen molar-refractivity contribution in [1.82, 2.24) is 14.9 Å². The number of hydrogen-bond acceptors (Lipinski definition) is 5. The molecule has 2 aromatic rings. The Morgan fingerprint density at radius 3 is 2.62 bits per heavy atom. The zero-order valence-electron chi connectivity index (χ0n) is 13.1. The van der Waals surface area contributed by atoms with Crippen molar-refractivity contribution in [2.24, 2.45) is 5.92 Å². The zero-order chi connectivity index (χ0) is 17.2. The fourth-order valence-corrected chi connectivity index (χ4v) is 3.72. The van der Waals surface area contributed by atoms with Crippen LogP contribution in [0.15, 0.2) is 24.3 Å². The Bertz CT molecular complexity index is 822. The van der Waals surface area contributed by atoms with Crippen molar-refractivity contribution in [3.05, 3.63) is 29.4 Å². The van der Waals surface area contributed by atoms with Crippen molar-refractivity contribution in [1.29, 1.82) is 4.78 Å². The number of aromatic nitrogens is 2. The lowest BCUT2D eigenvalue weighted by Gasteiger charge is -2.33. The number of halogens is 1. The van der Waals surface area contributed by atoms with Gasteiger partial charge in [-0.2, -0.15) is 0 Å². The number of nitrogens with zero attached hydrogens (tertiary/aromatic N) is 3. The van der Waals surface area contributed by atoms with E-state index in [0.29, 0.717) is 17.6 Å². The number of piperidine rings is 1. The minimum absolute atomic E-state index is 0.382. The smallest absolute Gasteiger partial charge is 0.226 e. The Morgan fingerprint density at radius 2 is 1.96 bits per heavy atom. The first-order chi connectivity index (χ1) is 11.4. The van der Waals surface area contributed by atoms with Gasteiger partial charge in [-0.1, -0.05) is 35.9 Å². The predicted octanol–water partition coefficient (Wildman–Crippen LogP) is 2.91. The molecule has 130 valence electrons. The molecule has 3 rings (SSSR count). The van der Waals surface area contributed by atoms with Gasteiger partial charge in [0.05, 0.1) is 0 Å². The van der Waals surface area contributed by atoms with Crippen LogP contribution in [-0.2, 0) is 10.2 Å². The van der Waals surface area contributed by atoms with E-state index >= 15 is 0 Å². The van der Waals surface area contributed by atoms with E-state index in [4.69, 9.17) is 20.9 Å². The van der Waals surface area contributed by atoms with E-state index in [1.54, 1.807) is 0 Å². The molecule has 0 saturated carbocycles. The molecule has 2 heterocycles. The largest absolute Gasteiger partial charge is 0.355 e. The normalized spacial score (nSPS) is 18.7. The molecule has 0 amide bonds. The van der Waals surface area contributed by atoms with Crippen LogP contribution in [0.25, 0.3) is 10.8 Å². The summed E-state index contributed by atoms with van der Waals surface area (Å²) >= 11 is 6.13. The van der Waals surface area contributed by atoms with E-state index in [0.717, 1.165) is 48.9 Å². The van der Waals surface area contributed by atoms with E-state index in [2.05, 4.69) is 19.8 Å². The number of rotatable bonds is 5. The molecule has 7 nitrogen and oxygen atoms in total. The van der Waals surface area contributed by atoms with Gasteiger partial charge in [-0.25, -0.2) is 13.7 Å². The Hall–Kier alpha value is -1.48. The number of hydrogen-bond donors (Lipinski definition) is 3. The maximum atomic E-state index is 10.9. The minimum Gasteiger partial charge on any atom is -0.355 e. The SMILES string of the molecule is N=S(=O)(O)NCCC1CCN(c2nnc(Cl)c3ccccc23)CC1. The minimum atomic E-state index is -3.60. The summed E-state index contributed by atoms with van der Waals surface area (Å²) < 4.78 is 29.1. The maximum absolute atomic E-state index is 10.9. The molecule has 1 aliphatic heterocycles. The van der Waals surface area contributed by atoms with Crippen LogP contribution < -0.4 is 9.62 Å². The molecule has 0 aliphatic carbocycles. The molecule has 1 aromatic heterocycles. The fraction of sp³-hybridized carbons (Fsp3) is 0.467. The van der Waals surface area contributed by atoms with Gasteiger partial charge in [0.1, 0.15) is 0 Å². The van der Waals surface area contributed by atoms with Crippen LogP contribution in [0.3, 0.4) is 0 Å². The molecule has 9 heteroatoms. The lowest BCUT2D eigenvalue weighted by molar-refractivity contribution is 0.379. The molecule has 1 aromatic carbocycles. The predicted molar refractivity (Wildman–Crippen MR) is 95.6 cm³/mol. The second-order valence-corrected chi connectivity index (χ2v) is 7.70. The fourth-order valence-electron chi connectivity index (χ4n) is 3.13. The Kier molecular flexibility index (Phi) is 5.19. The highest BCUT2D eigenvalue weighted by molar-refractivity contribution is 7.84. The summed E-state index contributed by atoms with van der Waals surface area (Å²) in [4.78, 5) is 2.22. The first-order valence-corrected chi connectivity index (χ1v) is 9.75. The summed E-state index contributed by atoms with van der Waals surface area (Å²) in [6.07, 6.45) is 2.74. The van der Waals surface area contributed by atoms with Gasteiger partial charge in [-0.05, 0) is 25.2 Å². The zero-order valence-corrected chi connectivity index (χ0v) is 14.7. The second-order valence-electron chi connectivity index (χ2n) is 6.00. The third-order valence-corrected chi connectivity index (χ3v) is 5.26. The number of benzene rings is 1. The van der Waals surface area contributed by atoms with Crippen LogP contribution in [-0.4, -0.2) is 38.6 Å². The second kappa shape index (κ2) is 7.18. The van der Waals surface area contributed by atoms with E-state index < -0.39 is 10.2 Å². The van der Waals surface area contributed by atoms with E-state index in [1.165, 1.54) is 0 Å². The molecule has 1 atom stereocenters. The van der Waals surface area contributed by atoms with E-state index in [1.807, 2.05) is 24.3 Å². The first kappa shape index (κ1) is 17.3. The first-order valence-electron chi connectivity index (χ1n) is 7.86. The maximum Gasteiger partial charge on any atom is 0.226 e. The van der Waals surface area contributed by atoms with Crippen molar-refractivity contribution >= 4 is 38.4 Å². The molecule has 3 N–H and O–H groups in total. The summed E-state index contributed by atoms with van der Waals surface area (Å²) in [7, 11) is -3.60. The summed E-state index contributed by atoms with van der Waals surface area (Å²) in [5.41, 5.74) is 0. The number of fused-ring (bicyclic) bond motifs is 1. The van der Waals surface area contributed by atoms with Gasteiger partial charge in [0, 0.05) is 30.4 Å². The van der Waals surface area contributed by atoms with Crippen LogP contribution in [0.4, 0.5) is 5.82 Å². The van der Waals surface area contributed by atoms with Gasteiger partial charge in [0.2, 0.25) is 10.2 Å². The standard InChI is InChI=1S/C15H20ClN5O2S/c16-14-12-3-1-2-4-13(12)15(20-19-14)21-9-6-11(7-10-21)5-8-18-24(17,22)23/h1-4,11H,5-10H2,(H3,17,18,22,23). The Balaban J connectivity index is 1.64. The highest BCUT2D eigenvalue weighted by Crippen LogP contribution is 2.31. The molecule has 1 fully saturated rings. The van der Waals surface area contributed by atoms with Gasteiger partial charge < -0.3 is 4.90 Å². The Labute approximate surface area is 146 Å². The van der Waals surface area contributed by atoms with Gasteiger partial charge in [-0.15, -0.1) is 10.2 Å². The van der Waals surface area contributed by atoms with Crippen LogP contribution in [0, 0.1) is 10.7 Å². The van der Waals surface area contributed by atoms with Gasteiger partial charge in [0.15, 0.2) is 11.0 Å². The van der Waals surface area contributed by atoms with Crippen LogP contribution >= 0.6 is 11.6 Å². The molecular formula is C15H20ClN5O2S. The van der Waals surface area contributed by atoms with Crippen molar-refractivity contribution in [3.8, 4) is 0 Å².